The van der Waals surface area contributed by atoms with Crippen LogP contribution in [0.3, 0.4) is 0 Å². The Morgan fingerprint density at radius 1 is 1.69 bits per heavy atom. The SMILES string of the molecule is CC(C)(C#N)CCN1CCC(N)(C(=O)O)C1. The van der Waals surface area contributed by atoms with Gasteiger partial charge in [0.25, 0.3) is 0 Å². The Labute approximate surface area is 95.8 Å². The van der Waals surface area contributed by atoms with Gasteiger partial charge in [0.1, 0.15) is 5.54 Å². The molecule has 0 bridgehead atoms. The van der Waals surface area contributed by atoms with Gasteiger partial charge in [-0.05, 0) is 33.2 Å². The van der Waals surface area contributed by atoms with Crippen molar-refractivity contribution in [3.63, 3.8) is 0 Å². The first-order valence-corrected chi connectivity index (χ1v) is 5.45. The Bertz CT molecular complexity index is 322. The first kappa shape index (κ1) is 12.9. The number of likely N-dealkylation sites (tertiary alicyclic amines) is 1. The van der Waals surface area contributed by atoms with Crippen molar-refractivity contribution in [2.24, 2.45) is 11.1 Å². The minimum absolute atomic E-state index is 0.358. The average molecular weight is 225 g/mol. The smallest absolute Gasteiger partial charge is 0.325 e. The van der Waals surface area contributed by atoms with Crippen molar-refractivity contribution in [1.29, 1.82) is 5.26 Å². The van der Waals surface area contributed by atoms with Crippen molar-refractivity contribution in [3.05, 3.63) is 0 Å². The number of carbonyl (C=O) groups is 1. The first-order chi connectivity index (χ1) is 7.29. The van der Waals surface area contributed by atoms with Gasteiger partial charge in [0.05, 0.1) is 11.5 Å². The van der Waals surface area contributed by atoms with Gasteiger partial charge in [0.15, 0.2) is 0 Å². The van der Waals surface area contributed by atoms with Gasteiger partial charge in [-0.1, -0.05) is 0 Å². The van der Waals surface area contributed by atoms with Gasteiger partial charge in [-0.2, -0.15) is 5.26 Å². The molecule has 1 unspecified atom stereocenters. The predicted molar refractivity (Wildman–Crippen MR) is 59.6 cm³/mol. The molecule has 1 aliphatic rings. The maximum Gasteiger partial charge on any atom is 0.325 e. The summed E-state index contributed by atoms with van der Waals surface area (Å²) < 4.78 is 0. The molecule has 1 rings (SSSR count). The highest BCUT2D eigenvalue weighted by Crippen LogP contribution is 2.23. The number of aliphatic carboxylic acids is 1. The highest BCUT2D eigenvalue weighted by molar-refractivity contribution is 5.79. The van der Waals surface area contributed by atoms with E-state index in [9.17, 15) is 4.79 Å². The van der Waals surface area contributed by atoms with Crippen molar-refractivity contribution in [3.8, 4) is 6.07 Å². The van der Waals surface area contributed by atoms with Crippen LogP contribution in [0.2, 0.25) is 0 Å². The summed E-state index contributed by atoms with van der Waals surface area (Å²) in [6, 6.07) is 2.23. The zero-order valence-electron chi connectivity index (χ0n) is 9.86. The van der Waals surface area contributed by atoms with Crippen molar-refractivity contribution in [2.45, 2.75) is 32.2 Å². The third-order valence-electron chi connectivity index (χ3n) is 3.16. The lowest BCUT2D eigenvalue weighted by Gasteiger charge is -2.22. The lowest BCUT2D eigenvalue weighted by molar-refractivity contribution is -0.142. The van der Waals surface area contributed by atoms with E-state index in [1.807, 2.05) is 18.7 Å². The largest absolute Gasteiger partial charge is 0.480 e. The number of nitriles is 1. The molecular weight excluding hydrogens is 206 g/mol. The van der Waals surface area contributed by atoms with Crippen LogP contribution in [-0.2, 0) is 4.79 Å². The number of nitrogens with two attached hydrogens (primary N) is 1. The Morgan fingerprint density at radius 2 is 2.31 bits per heavy atom. The standard InChI is InChI=1S/C11H19N3O2/c1-10(2,7-12)3-5-14-6-4-11(13,8-14)9(15)16/h3-6,8,13H2,1-2H3,(H,15,16). The maximum absolute atomic E-state index is 10.9. The molecule has 1 heterocycles. The van der Waals surface area contributed by atoms with E-state index in [1.54, 1.807) is 0 Å². The Balaban J connectivity index is 2.44. The summed E-state index contributed by atoms with van der Waals surface area (Å²) in [7, 11) is 0. The molecule has 5 nitrogen and oxygen atoms in total. The molecule has 0 aromatic carbocycles. The van der Waals surface area contributed by atoms with Gasteiger partial charge in [0.2, 0.25) is 0 Å². The van der Waals surface area contributed by atoms with Crippen LogP contribution in [0.1, 0.15) is 26.7 Å². The summed E-state index contributed by atoms with van der Waals surface area (Å²) in [6.07, 6.45) is 1.22. The van der Waals surface area contributed by atoms with Gasteiger partial charge < -0.3 is 15.7 Å². The van der Waals surface area contributed by atoms with Crippen LogP contribution in [0.4, 0.5) is 0 Å². The van der Waals surface area contributed by atoms with E-state index in [1.165, 1.54) is 0 Å². The summed E-state index contributed by atoms with van der Waals surface area (Å²) in [5.41, 5.74) is 4.30. The van der Waals surface area contributed by atoms with Gasteiger partial charge in [-0.25, -0.2) is 0 Å². The molecular formula is C11H19N3O2. The van der Waals surface area contributed by atoms with Crippen LogP contribution < -0.4 is 5.73 Å². The van der Waals surface area contributed by atoms with Crippen LogP contribution >= 0.6 is 0 Å². The molecule has 0 aromatic heterocycles. The number of rotatable bonds is 4. The fourth-order valence-electron chi connectivity index (χ4n) is 1.77. The molecule has 1 aliphatic heterocycles. The highest BCUT2D eigenvalue weighted by Gasteiger charge is 2.41. The first-order valence-electron chi connectivity index (χ1n) is 5.45. The molecule has 0 saturated carbocycles. The quantitative estimate of drug-likeness (QED) is 0.723. The van der Waals surface area contributed by atoms with Gasteiger partial charge in [0, 0.05) is 13.1 Å². The third kappa shape index (κ3) is 2.94. The van der Waals surface area contributed by atoms with Crippen molar-refractivity contribution in [1.82, 2.24) is 4.90 Å². The monoisotopic (exact) mass is 225 g/mol. The molecule has 5 heteroatoms. The minimum Gasteiger partial charge on any atom is -0.480 e. The normalized spacial score (nSPS) is 26.6. The molecule has 1 saturated heterocycles. The van der Waals surface area contributed by atoms with E-state index in [2.05, 4.69) is 6.07 Å². The molecule has 0 aliphatic carbocycles. The Kier molecular flexibility index (Phi) is 3.56. The lowest BCUT2D eigenvalue weighted by Crippen LogP contribution is -2.50. The maximum atomic E-state index is 10.9. The summed E-state index contributed by atoms with van der Waals surface area (Å²) >= 11 is 0. The van der Waals surface area contributed by atoms with E-state index >= 15 is 0 Å². The van der Waals surface area contributed by atoms with Gasteiger partial charge >= 0.3 is 5.97 Å². The van der Waals surface area contributed by atoms with Gasteiger partial charge in [-0.3, -0.25) is 4.79 Å². The minimum atomic E-state index is -1.10. The number of hydrogen-bond donors (Lipinski definition) is 2. The van der Waals surface area contributed by atoms with Crippen LogP contribution in [0.15, 0.2) is 0 Å². The molecule has 90 valence electrons. The summed E-state index contributed by atoms with van der Waals surface area (Å²) in [6.45, 7) is 5.58. The van der Waals surface area contributed by atoms with Crippen molar-refractivity contribution in [2.75, 3.05) is 19.6 Å². The topological polar surface area (TPSA) is 90.4 Å². The summed E-state index contributed by atoms with van der Waals surface area (Å²) in [4.78, 5) is 12.9. The van der Waals surface area contributed by atoms with E-state index in [4.69, 9.17) is 16.1 Å². The van der Waals surface area contributed by atoms with Crippen LogP contribution in [0.25, 0.3) is 0 Å². The molecule has 1 fully saturated rings. The molecule has 0 aromatic rings. The zero-order chi connectivity index (χ0) is 12.4. The van der Waals surface area contributed by atoms with Crippen LogP contribution in [0, 0.1) is 16.7 Å². The molecule has 0 amide bonds. The fourth-order valence-corrected chi connectivity index (χ4v) is 1.77. The predicted octanol–water partition coefficient (Wildman–Crippen LogP) is 0.414. The number of carboxylic acids is 1. The van der Waals surface area contributed by atoms with E-state index in [0.717, 1.165) is 13.0 Å². The van der Waals surface area contributed by atoms with Crippen molar-refractivity contribution >= 4 is 5.97 Å². The number of nitrogens with zero attached hydrogens (tertiary/aromatic N) is 2. The molecule has 0 spiro atoms. The Hall–Kier alpha value is -1.12. The lowest BCUT2D eigenvalue weighted by atomic mass is 9.91. The zero-order valence-corrected chi connectivity index (χ0v) is 9.86. The average Bonchev–Trinajstić information content (AvgIpc) is 2.59. The number of carboxylic acid groups (broad SMARTS) is 1. The van der Waals surface area contributed by atoms with Gasteiger partial charge in [-0.15, -0.1) is 0 Å². The fraction of sp³-hybridized carbons (Fsp3) is 0.818. The van der Waals surface area contributed by atoms with E-state index in [0.29, 0.717) is 19.5 Å². The van der Waals surface area contributed by atoms with E-state index in [-0.39, 0.29) is 5.41 Å². The summed E-state index contributed by atoms with van der Waals surface area (Å²) in [5.74, 6) is -0.936. The second-order valence-corrected chi connectivity index (χ2v) is 5.23. The van der Waals surface area contributed by atoms with Crippen molar-refractivity contribution < 1.29 is 9.90 Å². The van der Waals surface area contributed by atoms with Crippen LogP contribution in [-0.4, -0.2) is 41.1 Å². The molecule has 3 N–H and O–H groups in total. The van der Waals surface area contributed by atoms with E-state index < -0.39 is 11.5 Å². The molecule has 0 radical (unpaired) electrons. The highest BCUT2D eigenvalue weighted by atomic mass is 16.4. The molecule has 1 atom stereocenters. The number of hydrogen-bond acceptors (Lipinski definition) is 4. The summed E-state index contributed by atoms with van der Waals surface area (Å²) in [5, 5.41) is 17.8. The van der Waals surface area contributed by atoms with Crippen LogP contribution in [0.5, 0.6) is 0 Å². The molecule has 16 heavy (non-hydrogen) atoms. The Morgan fingerprint density at radius 3 is 2.75 bits per heavy atom. The third-order valence-corrected chi connectivity index (χ3v) is 3.16. The second-order valence-electron chi connectivity index (χ2n) is 5.23. The second kappa shape index (κ2) is 4.40.